The van der Waals surface area contributed by atoms with Gasteiger partial charge < -0.3 is 9.52 Å². The number of phenols is 1. The zero-order chi connectivity index (χ0) is 12.1. The highest BCUT2D eigenvalue weighted by molar-refractivity contribution is 7.78. The van der Waals surface area contributed by atoms with Gasteiger partial charge in [0.2, 0.25) is 0 Å². The molecule has 0 amide bonds. The second-order valence-corrected chi connectivity index (χ2v) is 3.24. The molecule has 82 valence electrons. The van der Waals surface area contributed by atoms with Gasteiger partial charge in [-0.2, -0.15) is 0 Å². The first-order valence-electron chi connectivity index (χ1n) is 4.36. The summed E-state index contributed by atoms with van der Waals surface area (Å²) < 4.78 is 4.91. The molecule has 0 unspecified atom stereocenters. The summed E-state index contributed by atoms with van der Waals surface area (Å²) in [7, 11) is 0. The molecule has 16 heavy (non-hydrogen) atoms. The van der Waals surface area contributed by atoms with E-state index >= 15 is 0 Å². The minimum atomic E-state index is -0.393. The number of fused-ring (bicyclic) bond motifs is 1. The van der Waals surface area contributed by atoms with E-state index in [1.807, 2.05) is 6.92 Å². The Morgan fingerprint density at radius 2 is 2.06 bits per heavy atom. The highest BCUT2D eigenvalue weighted by Gasteiger charge is 2.01. The van der Waals surface area contributed by atoms with Crippen LogP contribution in [0.1, 0.15) is 5.56 Å². The highest BCUT2D eigenvalue weighted by atomic mass is 32.1. The summed E-state index contributed by atoms with van der Waals surface area (Å²) in [4.78, 5) is 11.0. The van der Waals surface area contributed by atoms with E-state index in [-0.39, 0.29) is 5.75 Å². The molecule has 0 bridgehead atoms. The lowest BCUT2D eigenvalue weighted by molar-refractivity contribution is 0.473. The predicted molar refractivity (Wildman–Crippen MR) is 64.2 cm³/mol. The third-order valence-electron chi connectivity index (χ3n) is 1.93. The van der Waals surface area contributed by atoms with Crippen molar-refractivity contribution in [2.75, 3.05) is 0 Å². The number of aryl methyl sites for hydroxylation is 1. The van der Waals surface area contributed by atoms with E-state index in [9.17, 15) is 4.79 Å². The molecular weight excluding hydrogens is 226 g/mol. The van der Waals surface area contributed by atoms with Crippen LogP contribution in [0.25, 0.3) is 11.0 Å². The Balaban J connectivity index is 0.000000386. The number of phenolic OH excluding ortho intramolecular Hbond substituents is 1. The van der Waals surface area contributed by atoms with Gasteiger partial charge >= 0.3 is 5.63 Å². The number of benzene rings is 1. The lowest BCUT2D eigenvalue weighted by Crippen LogP contribution is -1.97. The number of rotatable bonds is 0. The van der Waals surface area contributed by atoms with Crippen molar-refractivity contribution in [3.8, 4) is 5.75 Å². The SMILES string of the molecule is Cc1cc(=O)oc2cc(O)ccc12.N=C=S. The van der Waals surface area contributed by atoms with Crippen LogP contribution < -0.4 is 5.63 Å². The summed E-state index contributed by atoms with van der Waals surface area (Å²) in [5.41, 5.74) is 0.881. The molecule has 0 fully saturated rings. The number of nitrogens with one attached hydrogen (secondary N) is 1. The van der Waals surface area contributed by atoms with Gasteiger partial charge in [0.25, 0.3) is 0 Å². The molecule has 0 saturated carbocycles. The van der Waals surface area contributed by atoms with Gasteiger partial charge in [-0.15, -0.1) is 0 Å². The van der Waals surface area contributed by atoms with Crippen molar-refractivity contribution in [1.29, 1.82) is 5.41 Å². The lowest BCUT2D eigenvalue weighted by atomic mass is 10.1. The maximum atomic E-state index is 11.0. The zero-order valence-electron chi connectivity index (χ0n) is 8.48. The smallest absolute Gasteiger partial charge is 0.336 e. The Hall–Kier alpha value is -1.97. The van der Waals surface area contributed by atoms with Crippen molar-refractivity contribution >= 4 is 28.3 Å². The number of isothiocyanates is 1. The van der Waals surface area contributed by atoms with Crippen LogP contribution in [-0.2, 0) is 0 Å². The molecule has 1 heterocycles. The van der Waals surface area contributed by atoms with Gasteiger partial charge in [0.05, 0.1) is 5.16 Å². The van der Waals surface area contributed by atoms with Gasteiger partial charge in [0.15, 0.2) is 0 Å². The number of aromatic hydroxyl groups is 1. The first-order chi connectivity index (χ1) is 7.58. The molecule has 5 heteroatoms. The Kier molecular flexibility index (Phi) is 3.94. The second kappa shape index (κ2) is 5.21. The summed E-state index contributed by atoms with van der Waals surface area (Å²) in [6.07, 6.45) is 0. The van der Waals surface area contributed by atoms with Gasteiger partial charge in [0, 0.05) is 17.5 Å². The summed E-state index contributed by atoms with van der Waals surface area (Å²) in [6, 6.07) is 6.15. The fraction of sp³-hybridized carbons (Fsp3) is 0.0909. The van der Waals surface area contributed by atoms with Crippen LogP contribution in [0.4, 0.5) is 0 Å². The fourth-order valence-corrected chi connectivity index (χ4v) is 1.31. The van der Waals surface area contributed by atoms with E-state index in [1.54, 1.807) is 17.3 Å². The molecule has 2 rings (SSSR count). The number of hydrogen-bond donors (Lipinski definition) is 2. The van der Waals surface area contributed by atoms with E-state index in [0.717, 1.165) is 10.9 Å². The summed E-state index contributed by atoms with van der Waals surface area (Å²) in [6.45, 7) is 1.83. The monoisotopic (exact) mass is 235 g/mol. The van der Waals surface area contributed by atoms with Crippen molar-refractivity contribution in [3.05, 3.63) is 40.2 Å². The Labute approximate surface area is 96.7 Å². The van der Waals surface area contributed by atoms with Crippen molar-refractivity contribution in [2.24, 2.45) is 0 Å². The van der Waals surface area contributed by atoms with Crippen molar-refractivity contribution in [2.45, 2.75) is 6.92 Å². The largest absolute Gasteiger partial charge is 0.508 e. The third-order valence-corrected chi connectivity index (χ3v) is 1.93. The Bertz CT molecular complexity index is 598. The molecule has 2 N–H and O–H groups in total. The molecule has 0 radical (unpaired) electrons. The van der Waals surface area contributed by atoms with Crippen LogP contribution in [0, 0.1) is 12.3 Å². The van der Waals surface area contributed by atoms with Gasteiger partial charge in [0.1, 0.15) is 11.3 Å². The van der Waals surface area contributed by atoms with Crippen LogP contribution in [0.15, 0.2) is 33.5 Å². The van der Waals surface area contributed by atoms with Crippen molar-refractivity contribution in [1.82, 2.24) is 0 Å². The molecule has 1 aromatic heterocycles. The quantitative estimate of drug-likeness (QED) is 0.418. The van der Waals surface area contributed by atoms with Crippen LogP contribution in [0.5, 0.6) is 5.75 Å². The number of thiocarbonyl (C=S) groups is 1. The first-order valence-corrected chi connectivity index (χ1v) is 4.76. The van der Waals surface area contributed by atoms with Crippen LogP contribution >= 0.6 is 12.2 Å². The highest BCUT2D eigenvalue weighted by Crippen LogP contribution is 2.20. The summed E-state index contributed by atoms with van der Waals surface area (Å²) in [5, 5.41) is 17.4. The minimum Gasteiger partial charge on any atom is -0.508 e. The normalized spacial score (nSPS) is 9.06. The van der Waals surface area contributed by atoms with Gasteiger partial charge in [-0.3, -0.25) is 0 Å². The molecule has 0 atom stereocenters. The number of hydrogen-bond acceptors (Lipinski definition) is 5. The molecule has 0 saturated heterocycles. The summed E-state index contributed by atoms with van der Waals surface area (Å²) >= 11 is 3.81. The maximum absolute atomic E-state index is 11.0. The van der Waals surface area contributed by atoms with Crippen molar-refractivity contribution in [3.63, 3.8) is 0 Å². The van der Waals surface area contributed by atoms with Crippen molar-refractivity contribution < 1.29 is 9.52 Å². The molecule has 2 aromatic rings. The topological polar surface area (TPSA) is 74.3 Å². The van der Waals surface area contributed by atoms with E-state index < -0.39 is 5.63 Å². The maximum Gasteiger partial charge on any atom is 0.336 e. The zero-order valence-corrected chi connectivity index (χ0v) is 9.30. The van der Waals surface area contributed by atoms with Gasteiger partial charge in [-0.25, -0.2) is 10.2 Å². The molecule has 0 aliphatic rings. The van der Waals surface area contributed by atoms with E-state index in [0.29, 0.717) is 5.58 Å². The van der Waals surface area contributed by atoms with Crippen LogP contribution in [0.2, 0.25) is 0 Å². The third kappa shape index (κ3) is 2.76. The average Bonchev–Trinajstić information content (AvgIpc) is 2.17. The molecule has 4 nitrogen and oxygen atoms in total. The molecule has 0 aliphatic carbocycles. The van der Waals surface area contributed by atoms with Gasteiger partial charge in [-0.05, 0) is 36.8 Å². The van der Waals surface area contributed by atoms with E-state index in [2.05, 4.69) is 12.2 Å². The second-order valence-electron chi connectivity index (χ2n) is 3.03. The predicted octanol–water partition coefficient (Wildman–Crippen LogP) is 2.47. The molecule has 1 aromatic carbocycles. The lowest BCUT2D eigenvalue weighted by Gasteiger charge is -1.99. The minimum absolute atomic E-state index is 0.0984. The fourth-order valence-electron chi connectivity index (χ4n) is 1.31. The van der Waals surface area contributed by atoms with Crippen LogP contribution in [-0.4, -0.2) is 10.3 Å². The molecular formula is C11H9NO3S. The van der Waals surface area contributed by atoms with E-state index in [1.165, 1.54) is 12.1 Å². The van der Waals surface area contributed by atoms with Gasteiger partial charge in [-0.1, -0.05) is 0 Å². The summed E-state index contributed by atoms with van der Waals surface area (Å²) in [5.74, 6) is 0.0984. The Morgan fingerprint density at radius 3 is 2.69 bits per heavy atom. The standard InChI is InChI=1S/C10H8O3.CHNS/c1-6-4-10(12)13-9-5-7(11)2-3-8(6)9;2-1-3/h2-5,11H,1H3;2H. The van der Waals surface area contributed by atoms with E-state index in [4.69, 9.17) is 14.9 Å². The molecule has 0 aliphatic heterocycles. The average molecular weight is 235 g/mol. The molecule has 0 spiro atoms. The first kappa shape index (κ1) is 12.1. The van der Waals surface area contributed by atoms with Crippen LogP contribution in [0.3, 0.4) is 0 Å². The Morgan fingerprint density at radius 1 is 1.44 bits per heavy atom.